The van der Waals surface area contributed by atoms with Gasteiger partial charge in [0.2, 0.25) is 0 Å². The second-order valence-electron chi connectivity index (χ2n) is 3.81. The van der Waals surface area contributed by atoms with Gasteiger partial charge in [-0.25, -0.2) is 0 Å². The van der Waals surface area contributed by atoms with E-state index >= 15 is 0 Å². The molecule has 0 amide bonds. The maximum atomic E-state index is 2.29. The summed E-state index contributed by atoms with van der Waals surface area (Å²) in [7, 11) is 0.906. The SMILES string of the molecule is Cc1ccc2[pH]c(C)c(C)c2c1C. The van der Waals surface area contributed by atoms with E-state index in [4.69, 9.17) is 0 Å². The molecule has 0 saturated heterocycles. The van der Waals surface area contributed by atoms with E-state index in [9.17, 15) is 0 Å². The molecule has 0 N–H and O–H groups in total. The van der Waals surface area contributed by atoms with Crippen LogP contribution in [0.25, 0.3) is 10.5 Å². The van der Waals surface area contributed by atoms with Gasteiger partial charge < -0.3 is 0 Å². The summed E-state index contributed by atoms with van der Waals surface area (Å²) in [5, 5.41) is 4.62. The number of aryl methyl sites for hydroxylation is 4. The van der Waals surface area contributed by atoms with Crippen molar-refractivity contribution in [3.8, 4) is 0 Å². The fourth-order valence-corrected chi connectivity index (χ4v) is 3.27. The Kier molecular flexibility index (Phi) is 1.96. The molecule has 0 fully saturated rings. The van der Waals surface area contributed by atoms with Crippen molar-refractivity contribution < 1.29 is 0 Å². The molecule has 0 saturated carbocycles. The normalized spacial score (nSPS) is 11.7. The highest BCUT2D eigenvalue weighted by Gasteiger charge is 2.06. The zero-order valence-electron chi connectivity index (χ0n) is 8.65. The molecule has 13 heavy (non-hydrogen) atoms. The van der Waals surface area contributed by atoms with E-state index in [-0.39, 0.29) is 0 Å². The molecule has 0 aliphatic heterocycles. The second-order valence-corrected chi connectivity index (χ2v) is 5.34. The van der Waals surface area contributed by atoms with Gasteiger partial charge in [-0.05, 0) is 60.2 Å². The molecule has 2 rings (SSSR count). The van der Waals surface area contributed by atoms with Crippen molar-refractivity contribution in [1.29, 1.82) is 0 Å². The second kappa shape index (κ2) is 2.89. The summed E-state index contributed by atoms with van der Waals surface area (Å²) in [5.41, 5.74) is 4.39. The van der Waals surface area contributed by atoms with Crippen LogP contribution in [0.3, 0.4) is 0 Å². The van der Waals surface area contributed by atoms with E-state index < -0.39 is 0 Å². The maximum Gasteiger partial charge on any atom is -0.00100 e. The van der Waals surface area contributed by atoms with Crippen LogP contribution in [0.4, 0.5) is 0 Å². The molecule has 1 unspecified atom stereocenters. The van der Waals surface area contributed by atoms with Crippen molar-refractivity contribution >= 4 is 18.7 Å². The molecule has 0 radical (unpaired) electrons. The lowest BCUT2D eigenvalue weighted by Crippen LogP contribution is -1.82. The molecule has 1 aromatic carbocycles. The fraction of sp³-hybridized carbons (Fsp3) is 0.333. The first-order chi connectivity index (χ1) is 6.11. The molecule has 1 aromatic heterocycles. The van der Waals surface area contributed by atoms with Gasteiger partial charge in [0.25, 0.3) is 0 Å². The van der Waals surface area contributed by atoms with Crippen LogP contribution in [0, 0.1) is 27.7 Å². The van der Waals surface area contributed by atoms with Gasteiger partial charge in [-0.15, -0.1) is 8.19 Å². The highest BCUT2D eigenvalue weighted by atomic mass is 31.0. The van der Waals surface area contributed by atoms with Crippen LogP contribution in [-0.2, 0) is 0 Å². The molecule has 2 aromatic rings. The van der Waals surface area contributed by atoms with Gasteiger partial charge in [-0.1, -0.05) is 12.1 Å². The predicted molar refractivity (Wildman–Crippen MR) is 62.4 cm³/mol. The van der Waals surface area contributed by atoms with Crippen molar-refractivity contribution in [2.24, 2.45) is 0 Å². The van der Waals surface area contributed by atoms with Crippen LogP contribution < -0.4 is 0 Å². The predicted octanol–water partition coefficient (Wildman–Crippen LogP) is 4.10. The third kappa shape index (κ3) is 1.21. The Labute approximate surface area is 81.1 Å². The Morgan fingerprint density at radius 2 is 1.62 bits per heavy atom. The zero-order valence-corrected chi connectivity index (χ0v) is 9.65. The number of benzene rings is 1. The minimum Gasteiger partial charge on any atom is -0.128 e. The number of hydrogen-bond donors (Lipinski definition) is 0. The van der Waals surface area contributed by atoms with Crippen LogP contribution >= 0.6 is 8.19 Å². The smallest absolute Gasteiger partial charge is 0.00100 e. The third-order valence-electron chi connectivity index (χ3n) is 3.00. The molecule has 0 aliphatic carbocycles. The van der Waals surface area contributed by atoms with Crippen LogP contribution in [0.1, 0.15) is 22.0 Å². The minimum atomic E-state index is 0.906. The highest BCUT2D eigenvalue weighted by molar-refractivity contribution is 7.38. The van der Waals surface area contributed by atoms with Gasteiger partial charge >= 0.3 is 0 Å². The summed E-state index contributed by atoms with van der Waals surface area (Å²) < 4.78 is 0. The summed E-state index contributed by atoms with van der Waals surface area (Å²) in [4.78, 5) is 0. The quantitative estimate of drug-likeness (QED) is 0.586. The summed E-state index contributed by atoms with van der Waals surface area (Å²) in [6.45, 7) is 8.93. The Morgan fingerprint density at radius 1 is 0.923 bits per heavy atom. The molecular formula is C12H15P. The highest BCUT2D eigenvalue weighted by Crippen LogP contribution is 2.36. The topological polar surface area (TPSA) is 0 Å². The van der Waals surface area contributed by atoms with E-state index in [0.717, 1.165) is 8.19 Å². The first kappa shape index (κ1) is 8.84. The van der Waals surface area contributed by atoms with Crippen molar-refractivity contribution in [2.75, 3.05) is 0 Å². The van der Waals surface area contributed by atoms with E-state index in [1.807, 2.05) is 0 Å². The zero-order chi connectivity index (χ0) is 9.59. The van der Waals surface area contributed by atoms with Gasteiger partial charge in [0.05, 0.1) is 0 Å². The van der Waals surface area contributed by atoms with E-state index in [0.29, 0.717) is 0 Å². The molecule has 1 atom stereocenters. The Bertz CT molecular complexity index is 463. The average Bonchev–Trinajstić information content (AvgIpc) is 2.37. The van der Waals surface area contributed by atoms with E-state index in [1.54, 1.807) is 5.30 Å². The Hall–Kier alpha value is -0.740. The standard InChI is InChI=1S/C12H15P/c1-7-5-6-11-12(8(7)2)9(3)10(4)13-11/h5-6,13H,1-4H3. The van der Waals surface area contributed by atoms with Gasteiger partial charge in [-0.3, -0.25) is 0 Å². The lowest BCUT2D eigenvalue weighted by Gasteiger charge is -2.02. The van der Waals surface area contributed by atoms with Crippen molar-refractivity contribution in [1.82, 2.24) is 0 Å². The molecule has 68 valence electrons. The van der Waals surface area contributed by atoms with Crippen LogP contribution in [-0.4, -0.2) is 0 Å². The first-order valence-electron chi connectivity index (χ1n) is 4.66. The minimum absolute atomic E-state index is 0.906. The molecule has 0 nitrogen and oxygen atoms in total. The molecule has 1 heteroatoms. The Morgan fingerprint density at radius 3 is 2.31 bits per heavy atom. The molecule has 0 spiro atoms. The summed E-state index contributed by atoms with van der Waals surface area (Å²) in [5.74, 6) is 0. The van der Waals surface area contributed by atoms with E-state index in [2.05, 4.69) is 39.8 Å². The summed E-state index contributed by atoms with van der Waals surface area (Å²) in [6.07, 6.45) is 0. The molecule has 0 bridgehead atoms. The van der Waals surface area contributed by atoms with Gasteiger partial charge in [0.15, 0.2) is 0 Å². The van der Waals surface area contributed by atoms with Gasteiger partial charge in [0.1, 0.15) is 0 Å². The lowest BCUT2D eigenvalue weighted by atomic mass is 10.0. The van der Waals surface area contributed by atoms with Crippen molar-refractivity contribution in [3.05, 3.63) is 34.1 Å². The number of rotatable bonds is 0. The maximum absolute atomic E-state index is 2.29. The van der Waals surface area contributed by atoms with Crippen LogP contribution in [0.2, 0.25) is 0 Å². The first-order valence-corrected chi connectivity index (χ1v) is 5.66. The molecular weight excluding hydrogens is 175 g/mol. The van der Waals surface area contributed by atoms with E-state index in [1.165, 1.54) is 27.2 Å². The van der Waals surface area contributed by atoms with Crippen molar-refractivity contribution in [2.45, 2.75) is 27.7 Å². The monoisotopic (exact) mass is 190 g/mol. The average molecular weight is 190 g/mol. The van der Waals surface area contributed by atoms with Gasteiger partial charge in [0, 0.05) is 0 Å². The molecule has 0 aliphatic rings. The third-order valence-corrected chi connectivity index (χ3v) is 4.43. The summed E-state index contributed by atoms with van der Waals surface area (Å²) in [6, 6.07) is 4.53. The Balaban J connectivity index is 2.97. The van der Waals surface area contributed by atoms with Gasteiger partial charge in [-0.2, -0.15) is 0 Å². The molecule has 1 heterocycles. The van der Waals surface area contributed by atoms with Crippen molar-refractivity contribution in [3.63, 3.8) is 0 Å². The number of fused-ring (bicyclic) bond motifs is 1. The summed E-state index contributed by atoms with van der Waals surface area (Å²) >= 11 is 0. The fourth-order valence-electron chi connectivity index (χ4n) is 1.89. The van der Waals surface area contributed by atoms with Crippen LogP contribution in [0.5, 0.6) is 0 Å². The number of hydrogen-bond acceptors (Lipinski definition) is 0. The largest absolute Gasteiger partial charge is 0.128 e. The lowest BCUT2D eigenvalue weighted by molar-refractivity contribution is 1.36. The van der Waals surface area contributed by atoms with Crippen LogP contribution in [0.15, 0.2) is 12.1 Å².